The fourth-order valence-corrected chi connectivity index (χ4v) is 9.32. The first-order chi connectivity index (χ1) is 27.3. The number of amides is 2. The fourth-order valence-electron chi connectivity index (χ4n) is 7.98. The van der Waals surface area contributed by atoms with Crippen molar-refractivity contribution in [1.29, 1.82) is 0 Å². The first-order valence-electron chi connectivity index (χ1n) is 19.7. The van der Waals surface area contributed by atoms with Crippen LogP contribution in [0.15, 0.2) is 56.0 Å². The third-order valence-corrected chi connectivity index (χ3v) is 14.0. The normalized spacial score (nSPS) is 23.1. The quantitative estimate of drug-likeness (QED) is 0.0761. The maximum atomic E-state index is 14.8. The van der Waals surface area contributed by atoms with Gasteiger partial charge in [-0.15, -0.1) is 13.2 Å². The summed E-state index contributed by atoms with van der Waals surface area (Å²) in [5, 5.41) is 0. The molecule has 2 aliphatic carbocycles. The van der Waals surface area contributed by atoms with Gasteiger partial charge in [0.2, 0.25) is 21.8 Å². The van der Waals surface area contributed by atoms with Gasteiger partial charge >= 0.3 is 6.18 Å². The molecule has 0 unspecified atom stereocenters. The van der Waals surface area contributed by atoms with Crippen molar-refractivity contribution in [3.8, 4) is 6.01 Å². The summed E-state index contributed by atoms with van der Waals surface area (Å²) in [5.41, 5.74) is -1.64. The zero-order valence-electron chi connectivity index (χ0n) is 32.9. The molecule has 3 fully saturated rings. The third kappa shape index (κ3) is 8.98. The van der Waals surface area contributed by atoms with Crippen LogP contribution < -0.4 is 9.46 Å². The number of aromatic nitrogens is 4. The van der Waals surface area contributed by atoms with Crippen LogP contribution in [0.2, 0.25) is 0 Å². The van der Waals surface area contributed by atoms with Crippen LogP contribution in [-0.4, -0.2) is 73.9 Å². The van der Waals surface area contributed by atoms with Crippen LogP contribution in [0, 0.1) is 23.1 Å². The van der Waals surface area contributed by atoms with Crippen molar-refractivity contribution < 1.29 is 45.1 Å². The number of carbonyl (C=O) groups excluding carboxylic acids is 3. The van der Waals surface area contributed by atoms with E-state index in [1.807, 2.05) is 13.8 Å². The first kappa shape index (κ1) is 42.9. The van der Waals surface area contributed by atoms with E-state index in [1.165, 1.54) is 23.5 Å². The van der Waals surface area contributed by atoms with Crippen LogP contribution in [-0.2, 0) is 37.0 Å². The third-order valence-electron chi connectivity index (χ3n) is 11.8. The van der Waals surface area contributed by atoms with E-state index in [-0.39, 0.29) is 49.8 Å². The molecule has 17 heteroatoms. The number of nitrogens with zero attached hydrogens (tertiary/aromatic N) is 5. The van der Waals surface area contributed by atoms with Gasteiger partial charge in [-0.05, 0) is 95.4 Å². The minimum Gasteiger partial charge on any atom is -0.459 e. The second kappa shape index (κ2) is 16.5. The largest absolute Gasteiger partial charge is 0.459 e. The van der Waals surface area contributed by atoms with E-state index in [0.717, 1.165) is 25.0 Å². The Morgan fingerprint density at radius 1 is 1.12 bits per heavy atom. The summed E-state index contributed by atoms with van der Waals surface area (Å²) in [4.78, 5) is 57.4. The van der Waals surface area contributed by atoms with Gasteiger partial charge in [-0.1, -0.05) is 25.0 Å². The molecule has 2 aromatic heterocycles. The molecular weight excluding hydrogens is 781 g/mol. The summed E-state index contributed by atoms with van der Waals surface area (Å²) in [6, 6.07) is 1.08. The lowest BCUT2D eigenvalue weighted by molar-refractivity contribution is -0.142. The minimum absolute atomic E-state index is 0.0192. The summed E-state index contributed by atoms with van der Waals surface area (Å²) in [6.07, 6.45) is 3.84. The molecule has 3 aliphatic rings. The molecule has 5 atom stereocenters. The predicted molar refractivity (Wildman–Crippen MR) is 207 cm³/mol. The van der Waals surface area contributed by atoms with Gasteiger partial charge in [0.1, 0.15) is 23.8 Å². The molecule has 314 valence electrons. The standard InChI is InChI=1S/C41H50F4N6O6S/c1-6-8-9-10-11-12-27(15-26-16-29(41(43,44)45)18-30(42)17-26)36(53)50-23-31(57-38-48-32-22-46-24-47-35(32)51(38)25(3)4)19-33(50)34(52)21-40(20-28(40)7-2)37(54)49-58(55,56)39(5)13-14-39/h6-7,16-18,22,24-25,27-28,31,33H,1-2,8-15,19-21,23H2,3-5H3,(H,49,54)/t27-,28-,31-,33+,40-/m1/s1. The Morgan fingerprint density at radius 3 is 2.50 bits per heavy atom. The van der Waals surface area contributed by atoms with E-state index in [9.17, 15) is 40.4 Å². The van der Waals surface area contributed by atoms with Crippen LogP contribution in [0.1, 0.15) is 102 Å². The number of imidazole rings is 1. The number of hydrogen-bond donors (Lipinski definition) is 1. The van der Waals surface area contributed by atoms with Crippen LogP contribution >= 0.6 is 0 Å². The lowest BCUT2D eigenvalue weighted by atomic mass is 9.89. The second-order valence-corrected chi connectivity index (χ2v) is 18.7. The van der Waals surface area contributed by atoms with Crippen LogP contribution in [0.3, 0.4) is 0 Å². The van der Waals surface area contributed by atoms with Gasteiger partial charge in [0.25, 0.3) is 6.01 Å². The van der Waals surface area contributed by atoms with Gasteiger partial charge in [0.15, 0.2) is 11.4 Å². The zero-order chi connectivity index (χ0) is 42.2. The average Bonchev–Trinajstić information content (AvgIpc) is 3.99. The maximum absolute atomic E-state index is 14.8. The number of ether oxygens (including phenoxy) is 1. The molecule has 3 heterocycles. The van der Waals surface area contributed by atoms with Crippen LogP contribution in [0.25, 0.3) is 11.2 Å². The number of hydrogen-bond acceptors (Lipinski definition) is 9. The van der Waals surface area contributed by atoms with E-state index in [2.05, 4.69) is 32.8 Å². The Morgan fingerprint density at radius 2 is 1.86 bits per heavy atom. The molecule has 0 spiro atoms. The first-order valence-corrected chi connectivity index (χ1v) is 21.2. The number of alkyl halides is 3. The number of Topliss-reactive ketones (excluding diaryl/α,β-unsaturated/α-hetero) is 1. The monoisotopic (exact) mass is 830 g/mol. The highest BCUT2D eigenvalue weighted by molar-refractivity contribution is 7.91. The van der Waals surface area contributed by atoms with Crippen molar-refractivity contribution in [3.63, 3.8) is 0 Å². The van der Waals surface area contributed by atoms with Crippen LogP contribution in [0.5, 0.6) is 6.01 Å². The molecule has 1 aliphatic heterocycles. The average molecular weight is 831 g/mol. The molecule has 0 bridgehead atoms. The number of benzene rings is 1. The van der Waals surface area contributed by atoms with Crippen molar-refractivity contribution in [1.82, 2.24) is 29.1 Å². The van der Waals surface area contributed by atoms with E-state index < -0.39 is 85.7 Å². The molecular formula is C41H50F4N6O6S. The Hall–Kier alpha value is -4.67. The van der Waals surface area contributed by atoms with Gasteiger partial charge < -0.3 is 9.64 Å². The van der Waals surface area contributed by atoms with Gasteiger partial charge in [-0.3, -0.25) is 23.7 Å². The van der Waals surface area contributed by atoms with Gasteiger partial charge in [0, 0.05) is 24.8 Å². The van der Waals surface area contributed by atoms with Gasteiger partial charge in [-0.2, -0.15) is 18.2 Å². The Bertz CT molecular complexity index is 2190. The number of halogens is 4. The predicted octanol–water partition coefficient (Wildman–Crippen LogP) is 7.06. The summed E-state index contributed by atoms with van der Waals surface area (Å²) in [6.45, 7) is 12.8. The number of sulfonamides is 1. The Kier molecular flexibility index (Phi) is 12.2. The van der Waals surface area contributed by atoms with Crippen molar-refractivity contribution in [2.75, 3.05) is 6.54 Å². The molecule has 6 rings (SSSR count). The highest BCUT2D eigenvalue weighted by Crippen LogP contribution is 2.57. The smallest absolute Gasteiger partial charge is 0.416 e. The summed E-state index contributed by atoms with van der Waals surface area (Å²) in [5.74, 6) is -4.38. The van der Waals surface area contributed by atoms with Crippen molar-refractivity contribution in [2.24, 2.45) is 17.3 Å². The number of nitrogens with one attached hydrogen (secondary N) is 1. The van der Waals surface area contributed by atoms with Crippen LogP contribution in [0.4, 0.5) is 17.6 Å². The molecule has 1 N–H and O–H groups in total. The second-order valence-electron chi connectivity index (χ2n) is 16.5. The van der Waals surface area contributed by atoms with E-state index in [4.69, 9.17) is 4.74 Å². The molecule has 3 aromatic rings. The number of likely N-dealkylation sites (tertiary alicyclic amines) is 1. The highest BCUT2D eigenvalue weighted by Gasteiger charge is 2.62. The number of ketones is 1. The molecule has 2 amide bonds. The number of rotatable bonds is 19. The van der Waals surface area contributed by atoms with Crippen molar-refractivity contribution in [2.45, 2.75) is 121 Å². The summed E-state index contributed by atoms with van der Waals surface area (Å²) < 4.78 is 91.3. The SMILES string of the molecule is C=CCCCCC[C@H](Cc1cc(F)cc(C(F)(F)F)c1)C(=O)N1C[C@H](Oc2nc3cncnc3n2C(C)C)C[C@H]1C(=O)C[C@]1(C(=O)NS(=O)(=O)C2(C)CC2)C[C@H]1C=C. The molecule has 1 saturated heterocycles. The maximum Gasteiger partial charge on any atom is 0.416 e. The van der Waals surface area contributed by atoms with E-state index >= 15 is 0 Å². The van der Waals surface area contributed by atoms with Crippen molar-refractivity contribution in [3.05, 3.63) is 73.0 Å². The lowest BCUT2D eigenvalue weighted by Gasteiger charge is -2.29. The minimum atomic E-state index is -4.82. The Labute approximate surface area is 335 Å². The molecule has 1 aromatic carbocycles. The zero-order valence-corrected chi connectivity index (χ0v) is 33.7. The molecule has 0 radical (unpaired) electrons. The van der Waals surface area contributed by atoms with Crippen molar-refractivity contribution >= 4 is 38.8 Å². The molecule has 58 heavy (non-hydrogen) atoms. The number of unbranched alkanes of at least 4 members (excludes halogenated alkanes) is 3. The fraction of sp³-hybridized carbons (Fsp3) is 0.561. The number of fused-ring (bicyclic) bond motifs is 1. The number of carbonyl (C=O) groups is 3. The molecule has 12 nitrogen and oxygen atoms in total. The highest BCUT2D eigenvalue weighted by atomic mass is 32.2. The van der Waals surface area contributed by atoms with Gasteiger partial charge in [0.05, 0.1) is 34.5 Å². The summed E-state index contributed by atoms with van der Waals surface area (Å²) in [7, 11) is -4.03. The van der Waals surface area contributed by atoms with E-state index in [1.54, 1.807) is 17.6 Å². The Balaban J connectivity index is 1.32. The lowest BCUT2D eigenvalue weighted by Crippen LogP contribution is -2.47. The summed E-state index contributed by atoms with van der Waals surface area (Å²) >= 11 is 0. The van der Waals surface area contributed by atoms with E-state index in [0.29, 0.717) is 42.9 Å². The molecule has 2 saturated carbocycles. The number of allylic oxidation sites excluding steroid dienone is 2. The topological polar surface area (TPSA) is 153 Å². The van der Waals surface area contributed by atoms with Gasteiger partial charge in [-0.25, -0.2) is 22.8 Å².